The first-order valence-electron chi connectivity index (χ1n) is 10.9. The van der Waals surface area contributed by atoms with E-state index < -0.39 is 12.0 Å². The number of amides is 2. The molecule has 2 atom stereocenters. The highest BCUT2D eigenvalue weighted by Crippen LogP contribution is 2.44. The molecule has 2 unspecified atom stereocenters. The van der Waals surface area contributed by atoms with Gasteiger partial charge in [0.1, 0.15) is 11.5 Å². The van der Waals surface area contributed by atoms with E-state index in [0.717, 1.165) is 16.8 Å². The van der Waals surface area contributed by atoms with Crippen LogP contribution in [0.2, 0.25) is 0 Å². The predicted octanol–water partition coefficient (Wildman–Crippen LogP) is 4.61. The van der Waals surface area contributed by atoms with E-state index in [-0.39, 0.29) is 11.8 Å². The van der Waals surface area contributed by atoms with Gasteiger partial charge in [-0.3, -0.25) is 9.59 Å². The minimum atomic E-state index is -0.479. The van der Waals surface area contributed by atoms with Crippen LogP contribution in [-0.2, 0) is 9.59 Å². The van der Waals surface area contributed by atoms with Crippen molar-refractivity contribution >= 4 is 17.5 Å². The molecule has 1 fully saturated rings. The Bertz CT molecular complexity index is 970. The Morgan fingerprint density at radius 1 is 1.12 bits per heavy atom. The molecule has 2 aromatic rings. The van der Waals surface area contributed by atoms with Gasteiger partial charge in [0.05, 0.1) is 26.2 Å². The van der Waals surface area contributed by atoms with Crippen molar-refractivity contribution in [3.05, 3.63) is 66.2 Å². The van der Waals surface area contributed by atoms with Gasteiger partial charge in [0, 0.05) is 30.8 Å². The number of ether oxygens (including phenoxy) is 2. The normalized spacial score (nSPS) is 18.2. The predicted molar refractivity (Wildman–Crippen MR) is 126 cm³/mol. The number of carbonyl (C=O) groups excluding carboxylic acids is 2. The number of methoxy groups -OCH3 is 2. The molecule has 0 N–H and O–H groups in total. The maximum atomic E-state index is 13.7. The fourth-order valence-electron chi connectivity index (χ4n) is 4.37. The van der Waals surface area contributed by atoms with Gasteiger partial charge in [-0.25, -0.2) is 0 Å². The Morgan fingerprint density at radius 3 is 2.41 bits per heavy atom. The fraction of sp³-hybridized carbons (Fsp3) is 0.385. The smallest absolute Gasteiger partial charge is 0.228 e. The van der Waals surface area contributed by atoms with Crippen LogP contribution in [0.15, 0.2) is 60.7 Å². The van der Waals surface area contributed by atoms with Crippen LogP contribution in [0.4, 0.5) is 5.69 Å². The molecule has 2 aromatic carbocycles. The maximum absolute atomic E-state index is 13.7. The zero-order valence-corrected chi connectivity index (χ0v) is 19.3. The molecular weight excluding hydrogens is 404 g/mol. The first-order chi connectivity index (χ1) is 15.4. The monoisotopic (exact) mass is 436 g/mol. The molecule has 170 valence electrons. The molecule has 1 saturated heterocycles. The number of hydrogen-bond acceptors (Lipinski definition) is 4. The Balaban J connectivity index is 2.12. The van der Waals surface area contributed by atoms with Gasteiger partial charge in [-0.05, 0) is 50.6 Å². The minimum absolute atomic E-state index is 0.0157. The largest absolute Gasteiger partial charge is 0.497 e. The molecule has 2 amide bonds. The van der Waals surface area contributed by atoms with E-state index in [1.54, 1.807) is 19.1 Å². The van der Waals surface area contributed by atoms with Crippen molar-refractivity contribution in [3.63, 3.8) is 0 Å². The molecule has 0 spiro atoms. The van der Waals surface area contributed by atoms with Crippen molar-refractivity contribution in [1.82, 2.24) is 4.90 Å². The molecule has 6 heteroatoms. The van der Waals surface area contributed by atoms with Crippen molar-refractivity contribution in [2.75, 3.05) is 32.2 Å². The van der Waals surface area contributed by atoms with E-state index in [2.05, 4.69) is 6.58 Å². The number of nitrogens with zero attached hydrogens (tertiary/aromatic N) is 2. The minimum Gasteiger partial charge on any atom is -0.497 e. The van der Waals surface area contributed by atoms with Gasteiger partial charge in [0.2, 0.25) is 11.8 Å². The van der Waals surface area contributed by atoms with E-state index >= 15 is 0 Å². The van der Waals surface area contributed by atoms with Gasteiger partial charge in [-0.15, -0.1) is 0 Å². The molecule has 32 heavy (non-hydrogen) atoms. The number of rotatable bonds is 8. The van der Waals surface area contributed by atoms with E-state index in [0.29, 0.717) is 37.4 Å². The summed E-state index contributed by atoms with van der Waals surface area (Å²) >= 11 is 0. The van der Waals surface area contributed by atoms with E-state index in [1.165, 1.54) is 0 Å². The fourth-order valence-corrected chi connectivity index (χ4v) is 4.37. The number of piperidine rings is 1. The molecule has 1 aliphatic heterocycles. The number of para-hydroxylation sites is 1. The standard InChI is InChI=1S/C26H32N2O4/c1-6-27(17-18(2)3)26(30)22-15-16-24(29)28(19-11-13-20(31-4)14-12-19)25(22)21-9-7-8-10-23(21)32-5/h7-14,22,25H,2,6,15-17H2,1,3-5H3. The average Bonchev–Trinajstić information content (AvgIpc) is 2.81. The second kappa shape index (κ2) is 10.4. The second-order valence-electron chi connectivity index (χ2n) is 8.10. The van der Waals surface area contributed by atoms with Gasteiger partial charge in [0.25, 0.3) is 0 Å². The lowest BCUT2D eigenvalue weighted by Crippen LogP contribution is -2.49. The first kappa shape index (κ1) is 23.4. The number of benzene rings is 2. The highest BCUT2D eigenvalue weighted by atomic mass is 16.5. The van der Waals surface area contributed by atoms with Crippen molar-refractivity contribution in [2.45, 2.75) is 32.7 Å². The van der Waals surface area contributed by atoms with Crippen LogP contribution in [-0.4, -0.2) is 44.0 Å². The summed E-state index contributed by atoms with van der Waals surface area (Å²) in [4.78, 5) is 30.5. The molecule has 1 heterocycles. The summed E-state index contributed by atoms with van der Waals surface area (Å²) in [6, 6.07) is 14.5. The molecule has 1 aliphatic rings. The number of anilines is 1. The summed E-state index contributed by atoms with van der Waals surface area (Å²) < 4.78 is 10.9. The molecule has 0 aromatic heterocycles. The van der Waals surface area contributed by atoms with E-state index in [1.807, 2.05) is 67.3 Å². The van der Waals surface area contributed by atoms with Crippen molar-refractivity contribution in [3.8, 4) is 11.5 Å². The summed E-state index contributed by atoms with van der Waals surface area (Å²) in [5.74, 6) is 0.977. The van der Waals surface area contributed by atoms with Crippen molar-refractivity contribution in [2.24, 2.45) is 5.92 Å². The Kier molecular flexibility index (Phi) is 7.57. The van der Waals surface area contributed by atoms with Crippen molar-refractivity contribution in [1.29, 1.82) is 0 Å². The molecule has 0 radical (unpaired) electrons. The van der Waals surface area contributed by atoms with Crippen LogP contribution in [0.3, 0.4) is 0 Å². The molecule has 0 aliphatic carbocycles. The number of carbonyl (C=O) groups is 2. The highest BCUT2D eigenvalue weighted by molar-refractivity contribution is 5.97. The third-order valence-electron chi connectivity index (χ3n) is 5.88. The maximum Gasteiger partial charge on any atom is 0.228 e. The molecular formula is C26H32N2O4. The summed E-state index contributed by atoms with van der Waals surface area (Å²) in [5, 5.41) is 0. The molecule has 3 rings (SSSR count). The van der Waals surface area contributed by atoms with Gasteiger partial charge in [-0.1, -0.05) is 30.4 Å². The first-order valence-corrected chi connectivity index (χ1v) is 10.9. The summed E-state index contributed by atoms with van der Waals surface area (Å²) in [7, 11) is 3.21. The van der Waals surface area contributed by atoms with Gasteiger partial charge < -0.3 is 19.3 Å². The highest BCUT2D eigenvalue weighted by Gasteiger charge is 2.43. The zero-order chi connectivity index (χ0) is 23.3. The second-order valence-corrected chi connectivity index (χ2v) is 8.10. The van der Waals surface area contributed by atoms with Crippen LogP contribution in [0.25, 0.3) is 0 Å². The molecule has 0 bridgehead atoms. The van der Waals surface area contributed by atoms with Gasteiger partial charge >= 0.3 is 0 Å². The van der Waals surface area contributed by atoms with Crippen LogP contribution in [0, 0.1) is 5.92 Å². The van der Waals surface area contributed by atoms with Crippen LogP contribution in [0.1, 0.15) is 38.3 Å². The number of likely N-dealkylation sites (N-methyl/N-ethyl adjacent to an activating group) is 1. The van der Waals surface area contributed by atoms with Crippen LogP contribution in [0.5, 0.6) is 11.5 Å². The van der Waals surface area contributed by atoms with Gasteiger partial charge in [-0.2, -0.15) is 0 Å². The Morgan fingerprint density at radius 2 is 1.81 bits per heavy atom. The lowest BCUT2D eigenvalue weighted by atomic mass is 9.82. The average molecular weight is 437 g/mol. The molecule has 6 nitrogen and oxygen atoms in total. The topological polar surface area (TPSA) is 59.1 Å². The lowest BCUT2D eigenvalue weighted by molar-refractivity contribution is -0.137. The summed E-state index contributed by atoms with van der Waals surface area (Å²) in [5.41, 5.74) is 2.48. The lowest BCUT2D eigenvalue weighted by Gasteiger charge is -2.42. The summed E-state index contributed by atoms with van der Waals surface area (Å²) in [6.45, 7) is 8.94. The molecule has 0 saturated carbocycles. The SMILES string of the molecule is C=C(C)CN(CC)C(=O)C1CCC(=O)N(c2ccc(OC)cc2)C1c1ccccc1OC. The summed E-state index contributed by atoms with van der Waals surface area (Å²) in [6.07, 6.45) is 0.790. The third kappa shape index (κ3) is 4.79. The Labute approximate surface area is 190 Å². The van der Waals surface area contributed by atoms with Crippen LogP contribution < -0.4 is 14.4 Å². The quantitative estimate of drug-likeness (QED) is 0.567. The van der Waals surface area contributed by atoms with E-state index in [9.17, 15) is 9.59 Å². The number of hydrogen-bond donors (Lipinski definition) is 0. The van der Waals surface area contributed by atoms with E-state index in [4.69, 9.17) is 9.47 Å². The zero-order valence-electron chi connectivity index (χ0n) is 19.3. The van der Waals surface area contributed by atoms with Crippen molar-refractivity contribution < 1.29 is 19.1 Å². The van der Waals surface area contributed by atoms with Crippen LogP contribution >= 0.6 is 0 Å². The third-order valence-corrected chi connectivity index (χ3v) is 5.88. The van der Waals surface area contributed by atoms with Gasteiger partial charge in [0.15, 0.2) is 0 Å². The Hall–Kier alpha value is -3.28.